The van der Waals surface area contributed by atoms with Gasteiger partial charge in [-0.2, -0.15) is 5.10 Å². The van der Waals surface area contributed by atoms with E-state index in [0.29, 0.717) is 18.9 Å². The van der Waals surface area contributed by atoms with Crippen LogP contribution in [0.5, 0.6) is 0 Å². The van der Waals surface area contributed by atoms with E-state index in [1.165, 1.54) is 29.7 Å². The summed E-state index contributed by atoms with van der Waals surface area (Å²) in [7, 11) is 0. The van der Waals surface area contributed by atoms with E-state index in [2.05, 4.69) is 45.3 Å². The SMILES string of the molecule is CCn1nc(C)c(CN2CCC3(CCC(=O)N(Cc4ccncc4)C3)CC2)c1C. The zero-order valence-electron chi connectivity index (χ0n) is 18.0. The predicted octanol–water partition coefficient (Wildman–Crippen LogP) is 3.32. The van der Waals surface area contributed by atoms with Crippen molar-refractivity contribution in [3.05, 3.63) is 47.0 Å². The first kappa shape index (κ1) is 20.1. The van der Waals surface area contributed by atoms with E-state index < -0.39 is 0 Å². The predicted molar refractivity (Wildman–Crippen MR) is 113 cm³/mol. The zero-order chi connectivity index (χ0) is 20.4. The minimum atomic E-state index is 0.287. The van der Waals surface area contributed by atoms with Gasteiger partial charge in [0.05, 0.1) is 5.69 Å². The van der Waals surface area contributed by atoms with E-state index in [1.54, 1.807) is 0 Å². The molecule has 2 aromatic rings. The smallest absolute Gasteiger partial charge is 0.222 e. The molecule has 6 nitrogen and oxygen atoms in total. The molecule has 0 aromatic carbocycles. The second-order valence-corrected chi connectivity index (χ2v) is 8.85. The molecule has 0 bridgehead atoms. The van der Waals surface area contributed by atoms with Gasteiger partial charge in [0.25, 0.3) is 0 Å². The Balaban J connectivity index is 1.38. The first-order valence-electron chi connectivity index (χ1n) is 10.9. The summed E-state index contributed by atoms with van der Waals surface area (Å²) in [6, 6.07) is 4.02. The number of amides is 1. The molecule has 0 saturated carbocycles. The maximum absolute atomic E-state index is 12.5. The van der Waals surface area contributed by atoms with E-state index in [4.69, 9.17) is 0 Å². The lowest BCUT2D eigenvalue weighted by molar-refractivity contribution is -0.140. The molecule has 2 aliphatic rings. The Hall–Kier alpha value is -2.21. The Morgan fingerprint density at radius 3 is 2.45 bits per heavy atom. The summed E-state index contributed by atoms with van der Waals surface area (Å²) >= 11 is 0. The van der Waals surface area contributed by atoms with Crippen LogP contribution < -0.4 is 0 Å². The van der Waals surface area contributed by atoms with Gasteiger partial charge in [-0.1, -0.05) is 0 Å². The molecular weight excluding hydrogens is 362 g/mol. The second-order valence-electron chi connectivity index (χ2n) is 8.85. The maximum Gasteiger partial charge on any atom is 0.222 e. The van der Waals surface area contributed by atoms with Crippen molar-refractivity contribution in [2.45, 2.75) is 66.1 Å². The van der Waals surface area contributed by atoms with Gasteiger partial charge in [0.1, 0.15) is 0 Å². The average molecular weight is 396 g/mol. The average Bonchev–Trinajstić information content (AvgIpc) is 3.01. The number of hydrogen-bond acceptors (Lipinski definition) is 4. The molecule has 4 heterocycles. The van der Waals surface area contributed by atoms with Crippen LogP contribution in [0.15, 0.2) is 24.5 Å². The van der Waals surface area contributed by atoms with Crippen LogP contribution in [0.1, 0.15) is 55.1 Å². The molecule has 2 saturated heterocycles. The first-order valence-corrected chi connectivity index (χ1v) is 10.9. The van der Waals surface area contributed by atoms with Crippen molar-refractivity contribution in [2.24, 2.45) is 5.41 Å². The summed E-state index contributed by atoms with van der Waals surface area (Å²) in [5, 5.41) is 4.68. The molecule has 1 amide bonds. The molecular formula is C23H33N5O. The van der Waals surface area contributed by atoms with Crippen molar-refractivity contribution < 1.29 is 4.79 Å². The number of hydrogen-bond donors (Lipinski definition) is 0. The van der Waals surface area contributed by atoms with Gasteiger partial charge in [-0.25, -0.2) is 0 Å². The standard InChI is InChI=1S/C23H33N5O/c1-4-28-19(3)21(18(2)25-28)16-26-13-9-23(10-14-26)8-5-22(29)27(17-23)15-20-6-11-24-12-7-20/h6-7,11-12H,4-5,8-10,13-17H2,1-3H3. The highest BCUT2D eigenvalue weighted by atomic mass is 16.2. The minimum absolute atomic E-state index is 0.287. The van der Waals surface area contributed by atoms with Crippen LogP contribution in [-0.4, -0.2) is 50.1 Å². The highest BCUT2D eigenvalue weighted by molar-refractivity contribution is 5.77. The Kier molecular flexibility index (Phi) is 5.72. The van der Waals surface area contributed by atoms with Crippen LogP contribution in [0, 0.1) is 19.3 Å². The molecule has 0 unspecified atom stereocenters. The molecule has 4 rings (SSSR count). The Morgan fingerprint density at radius 2 is 1.79 bits per heavy atom. The molecule has 2 aromatic heterocycles. The van der Waals surface area contributed by atoms with Crippen molar-refractivity contribution in [3.63, 3.8) is 0 Å². The number of piperidine rings is 2. The van der Waals surface area contributed by atoms with E-state index >= 15 is 0 Å². The lowest BCUT2D eigenvalue weighted by Crippen LogP contribution is -2.51. The lowest BCUT2D eigenvalue weighted by atomic mass is 9.72. The summed E-state index contributed by atoms with van der Waals surface area (Å²) < 4.78 is 2.11. The quantitative estimate of drug-likeness (QED) is 0.779. The summed E-state index contributed by atoms with van der Waals surface area (Å²) in [6.45, 7) is 12.2. The van der Waals surface area contributed by atoms with Crippen molar-refractivity contribution in [1.82, 2.24) is 24.6 Å². The van der Waals surface area contributed by atoms with Crippen LogP contribution in [0.4, 0.5) is 0 Å². The summed E-state index contributed by atoms with van der Waals surface area (Å²) in [5.74, 6) is 0.299. The monoisotopic (exact) mass is 395 g/mol. The molecule has 0 radical (unpaired) electrons. The molecule has 0 N–H and O–H groups in total. The number of aromatic nitrogens is 3. The number of nitrogens with zero attached hydrogens (tertiary/aromatic N) is 5. The normalized spacial score (nSPS) is 19.8. The molecule has 6 heteroatoms. The molecule has 2 fully saturated rings. The number of rotatable bonds is 5. The maximum atomic E-state index is 12.5. The summed E-state index contributed by atoms with van der Waals surface area (Å²) in [5.41, 5.74) is 5.31. The third-order valence-corrected chi connectivity index (χ3v) is 7.00. The van der Waals surface area contributed by atoms with Gasteiger partial charge < -0.3 is 4.90 Å². The molecule has 2 aliphatic heterocycles. The first-order chi connectivity index (χ1) is 14.0. The van der Waals surface area contributed by atoms with Gasteiger partial charge >= 0.3 is 0 Å². The van der Waals surface area contributed by atoms with Gasteiger partial charge in [0, 0.05) is 56.3 Å². The fourth-order valence-electron chi connectivity index (χ4n) is 5.04. The van der Waals surface area contributed by atoms with Gasteiger partial charge in [-0.05, 0) is 76.2 Å². The van der Waals surface area contributed by atoms with Crippen molar-refractivity contribution >= 4 is 5.91 Å². The second kappa shape index (κ2) is 8.27. The summed E-state index contributed by atoms with van der Waals surface area (Å²) in [6.07, 6.45) is 7.69. The van der Waals surface area contributed by atoms with E-state index in [9.17, 15) is 4.79 Å². The van der Waals surface area contributed by atoms with Gasteiger partial charge in [-0.3, -0.25) is 19.4 Å². The lowest BCUT2D eigenvalue weighted by Gasteiger charge is -2.47. The van der Waals surface area contributed by atoms with E-state index in [-0.39, 0.29) is 5.41 Å². The Morgan fingerprint density at radius 1 is 1.07 bits per heavy atom. The molecule has 0 aliphatic carbocycles. The van der Waals surface area contributed by atoms with Crippen molar-refractivity contribution in [3.8, 4) is 0 Å². The van der Waals surface area contributed by atoms with Crippen molar-refractivity contribution in [2.75, 3.05) is 19.6 Å². The van der Waals surface area contributed by atoms with Gasteiger partial charge in [0.2, 0.25) is 5.91 Å². The fraction of sp³-hybridized carbons (Fsp3) is 0.609. The van der Waals surface area contributed by atoms with Crippen molar-refractivity contribution in [1.29, 1.82) is 0 Å². The summed E-state index contributed by atoms with van der Waals surface area (Å²) in [4.78, 5) is 21.3. The van der Waals surface area contributed by atoms with Gasteiger partial charge in [0.15, 0.2) is 0 Å². The van der Waals surface area contributed by atoms with Gasteiger partial charge in [-0.15, -0.1) is 0 Å². The fourth-order valence-corrected chi connectivity index (χ4v) is 5.04. The third kappa shape index (κ3) is 4.22. The zero-order valence-corrected chi connectivity index (χ0v) is 18.0. The number of pyridine rings is 1. The number of aryl methyl sites for hydroxylation is 2. The van der Waals surface area contributed by atoms with E-state index in [0.717, 1.165) is 44.8 Å². The number of likely N-dealkylation sites (tertiary alicyclic amines) is 2. The number of carbonyl (C=O) groups is 1. The minimum Gasteiger partial charge on any atom is -0.338 e. The molecule has 1 spiro atoms. The largest absolute Gasteiger partial charge is 0.338 e. The highest BCUT2D eigenvalue weighted by Gasteiger charge is 2.41. The Labute approximate surface area is 173 Å². The molecule has 29 heavy (non-hydrogen) atoms. The van der Waals surface area contributed by atoms with Crippen LogP contribution in [0.2, 0.25) is 0 Å². The van der Waals surface area contributed by atoms with Crippen LogP contribution in [0.25, 0.3) is 0 Å². The third-order valence-electron chi connectivity index (χ3n) is 7.00. The number of carbonyl (C=O) groups excluding carboxylic acids is 1. The van der Waals surface area contributed by atoms with E-state index in [1.807, 2.05) is 24.5 Å². The van der Waals surface area contributed by atoms with Crippen LogP contribution in [0.3, 0.4) is 0 Å². The topological polar surface area (TPSA) is 54.3 Å². The molecule has 156 valence electrons. The van der Waals surface area contributed by atoms with Crippen LogP contribution >= 0.6 is 0 Å². The van der Waals surface area contributed by atoms with Crippen LogP contribution in [-0.2, 0) is 24.4 Å². The Bertz CT molecular complexity index is 852. The highest BCUT2D eigenvalue weighted by Crippen LogP contribution is 2.41. The molecule has 0 atom stereocenters.